The second-order valence-electron chi connectivity index (χ2n) is 11.4. The van der Waals surface area contributed by atoms with E-state index in [2.05, 4.69) is 46.2 Å². The van der Waals surface area contributed by atoms with Gasteiger partial charge < -0.3 is 9.80 Å². The number of hydrogen-bond donors (Lipinski definition) is 0. The largest absolute Gasteiger partial charge is 0.372 e. The number of imide groups is 1. The van der Waals surface area contributed by atoms with Crippen molar-refractivity contribution in [3.8, 4) is 23.3 Å². The lowest BCUT2D eigenvalue weighted by Gasteiger charge is -2.41. The molecule has 3 amide bonds. The Morgan fingerprint density at radius 1 is 0.833 bits per heavy atom. The first kappa shape index (κ1) is 27.5. The van der Waals surface area contributed by atoms with Crippen LogP contribution in [0.2, 0.25) is 0 Å². The minimum atomic E-state index is -0.908. The van der Waals surface area contributed by atoms with Crippen LogP contribution in [0.5, 0.6) is 0 Å². The molecule has 0 aliphatic carbocycles. The molecule has 3 heterocycles. The lowest BCUT2D eigenvalue weighted by molar-refractivity contribution is -0.127. The summed E-state index contributed by atoms with van der Waals surface area (Å²) in [7, 11) is 0. The Kier molecular flexibility index (Phi) is 7.41. The van der Waals surface area contributed by atoms with Gasteiger partial charge in [0.25, 0.3) is 5.91 Å². The van der Waals surface area contributed by atoms with Gasteiger partial charge in [-0.3, -0.25) is 9.69 Å². The smallest absolute Gasteiger partial charge is 0.332 e. The second-order valence-corrected chi connectivity index (χ2v) is 11.4. The molecule has 0 bridgehead atoms. The molecule has 3 saturated heterocycles. The summed E-state index contributed by atoms with van der Waals surface area (Å²) < 4.78 is 0. The van der Waals surface area contributed by atoms with E-state index in [0.717, 1.165) is 30.8 Å². The first-order valence-corrected chi connectivity index (χ1v) is 14.7. The molecular weight excluding hydrogens is 524 g/mol. The number of likely N-dealkylation sites (tertiary alicyclic amines) is 1. The van der Waals surface area contributed by atoms with Crippen LogP contribution in [-0.4, -0.2) is 60.0 Å². The summed E-state index contributed by atoms with van der Waals surface area (Å²) in [6.45, 7) is 6.79. The molecule has 3 aromatic rings. The first-order chi connectivity index (χ1) is 20.5. The van der Waals surface area contributed by atoms with Gasteiger partial charge >= 0.3 is 6.03 Å². The highest BCUT2D eigenvalue weighted by molar-refractivity contribution is 6.24. The minimum absolute atomic E-state index is 0.250. The maximum absolute atomic E-state index is 14.1. The van der Waals surface area contributed by atoms with Crippen molar-refractivity contribution in [1.82, 2.24) is 9.80 Å². The molecule has 212 valence electrons. The van der Waals surface area contributed by atoms with E-state index in [1.165, 1.54) is 29.0 Å². The number of urea groups is 1. The molecule has 0 atom stereocenters. The number of carbonyl (C=O) groups is 2. The third kappa shape index (κ3) is 4.78. The van der Waals surface area contributed by atoms with Crippen LogP contribution in [0.4, 0.5) is 16.2 Å². The number of likely N-dealkylation sites (N-methyl/N-ethyl adjacent to an activating group) is 1. The SMILES string of the molecule is CCN1C(=O)N(c2ccc(-c3cccc(C#N)c3)cc2C#N)C(=O)C12CCN(Cc1ccc(N3CCCC3)cc1)CC2. The number of nitrogens with zero attached hydrogens (tertiary/aromatic N) is 6. The molecule has 1 spiro atoms. The Labute approximate surface area is 247 Å². The van der Waals surface area contributed by atoms with E-state index in [9.17, 15) is 20.1 Å². The van der Waals surface area contributed by atoms with E-state index in [4.69, 9.17) is 0 Å². The lowest BCUT2D eigenvalue weighted by atomic mass is 9.85. The molecule has 0 radical (unpaired) electrons. The predicted octanol–water partition coefficient (Wildman–Crippen LogP) is 5.52. The van der Waals surface area contributed by atoms with Crippen LogP contribution < -0.4 is 9.80 Å². The monoisotopic (exact) mass is 558 g/mol. The van der Waals surface area contributed by atoms with Crippen molar-refractivity contribution in [3.63, 3.8) is 0 Å². The van der Waals surface area contributed by atoms with Gasteiger partial charge in [0.15, 0.2) is 0 Å². The summed E-state index contributed by atoms with van der Waals surface area (Å²) >= 11 is 0. The number of piperidine rings is 1. The van der Waals surface area contributed by atoms with Gasteiger partial charge in [0.1, 0.15) is 11.6 Å². The van der Waals surface area contributed by atoms with Gasteiger partial charge in [-0.15, -0.1) is 0 Å². The van der Waals surface area contributed by atoms with Crippen molar-refractivity contribution in [3.05, 3.63) is 83.4 Å². The lowest BCUT2D eigenvalue weighted by Crippen LogP contribution is -2.56. The summed E-state index contributed by atoms with van der Waals surface area (Å²) in [5, 5.41) is 19.3. The number of hydrogen-bond acceptors (Lipinski definition) is 6. The van der Waals surface area contributed by atoms with Crippen molar-refractivity contribution < 1.29 is 9.59 Å². The van der Waals surface area contributed by atoms with Crippen LogP contribution in [0.3, 0.4) is 0 Å². The molecule has 3 aliphatic heterocycles. The highest BCUT2D eigenvalue weighted by Crippen LogP contribution is 2.41. The Hall–Kier alpha value is -4.66. The fourth-order valence-electron chi connectivity index (χ4n) is 6.74. The van der Waals surface area contributed by atoms with E-state index >= 15 is 0 Å². The van der Waals surface area contributed by atoms with Gasteiger partial charge in [-0.2, -0.15) is 10.5 Å². The van der Waals surface area contributed by atoms with Gasteiger partial charge in [0.05, 0.1) is 22.9 Å². The average molecular weight is 559 g/mol. The Morgan fingerprint density at radius 2 is 1.55 bits per heavy atom. The highest BCUT2D eigenvalue weighted by Gasteiger charge is 2.58. The van der Waals surface area contributed by atoms with E-state index in [0.29, 0.717) is 43.7 Å². The fourth-order valence-corrected chi connectivity index (χ4v) is 6.74. The zero-order valence-corrected chi connectivity index (χ0v) is 23.9. The molecule has 3 aromatic carbocycles. The number of amides is 3. The number of benzene rings is 3. The number of nitriles is 2. The van der Waals surface area contributed by atoms with E-state index in [1.807, 2.05) is 13.0 Å². The van der Waals surface area contributed by atoms with E-state index < -0.39 is 5.54 Å². The van der Waals surface area contributed by atoms with E-state index in [1.54, 1.807) is 41.3 Å². The summed E-state index contributed by atoms with van der Waals surface area (Å²) in [6.07, 6.45) is 3.61. The van der Waals surface area contributed by atoms with Crippen molar-refractivity contribution in [2.24, 2.45) is 0 Å². The summed E-state index contributed by atoms with van der Waals surface area (Å²) in [4.78, 5) is 35.5. The summed E-state index contributed by atoms with van der Waals surface area (Å²) in [6, 6.07) is 25.1. The molecule has 6 rings (SSSR count). The third-order valence-electron chi connectivity index (χ3n) is 9.04. The Balaban J connectivity index is 1.19. The van der Waals surface area contributed by atoms with Crippen molar-refractivity contribution in [2.75, 3.05) is 42.5 Å². The van der Waals surface area contributed by atoms with Crippen LogP contribution in [0, 0.1) is 22.7 Å². The predicted molar refractivity (Wildman–Crippen MR) is 162 cm³/mol. The summed E-state index contributed by atoms with van der Waals surface area (Å²) in [5.74, 6) is -0.250. The van der Waals surface area contributed by atoms with Gasteiger partial charge in [-0.25, -0.2) is 9.69 Å². The highest BCUT2D eigenvalue weighted by atomic mass is 16.2. The molecule has 8 nitrogen and oxygen atoms in total. The minimum Gasteiger partial charge on any atom is -0.372 e. The molecule has 0 aromatic heterocycles. The quantitative estimate of drug-likeness (QED) is 0.370. The number of rotatable bonds is 6. The third-order valence-corrected chi connectivity index (χ3v) is 9.04. The van der Waals surface area contributed by atoms with Crippen LogP contribution in [0.1, 0.15) is 49.3 Å². The normalized spacial score (nSPS) is 18.5. The van der Waals surface area contributed by atoms with Crippen LogP contribution in [0.15, 0.2) is 66.7 Å². The maximum atomic E-state index is 14.1. The van der Waals surface area contributed by atoms with Gasteiger partial charge in [0.2, 0.25) is 0 Å². The Morgan fingerprint density at radius 3 is 2.21 bits per heavy atom. The van der Waals surface area contributed by atoms with Gasteiger partial charge in [0, 0.05) is 45.0 Å². The van der Waals surface area contributed by atoms with Crippen molar-refractivity contribution >= 4 is 23.3 Å². The Bertz CT molecular complexity index is 1590. The number of carbonyl (C=O) groups excluding carboxylic acids is 2. The molecule has 3 aliphatic rings. The maximum Gasteiger partial charge on any atom is 0.332 e. The zero-order valence-electron chi connectivity index (χ0n) is 23.9. The van der Waals surface area contributed by atoms with Crippen molar-refractivity contribution in [1.29, 1.82) is 10.5 Å². The molecule has 0 N–H and O–H groups in total. The molecule has 0 saturated carbocycles. The summed E-state index contributed by atoms with van der Waals surface area (Å²) in [5.41, 5.74) is 4.23. The van der Waals surface area contributed by atoms with E-state index in [-0.39, 0.29) is 17.5 Å². The standard InChI is InChI=1S/C34H34N6O2/c1-2-39-33(42)40(31-13-10-28(21-29(31)23-36)27-7-5-6-26(20-27)22-35)32(41)34(39)14-18-37(19-15-34)24-25-8-11-30(12-9-25)38-16-3-4-17-38/h5-13,20-21H,2-4,14-19,24H2,1H3. The second kappa shape index (κ2) is 11.3. The molecule has 42 heavy (non-hydrogen) atoms. The zero-order chi connectivity index (χ0) is 29.3. The average Bonchev–Trinajstić information content (AvgIpc) is 3.64. The van der Waals surface area contributed by atoms with Gasteiger partial charge in [-0.05, 0) is 85.7 Å². The molecular formula is C34H34N6O2. The molecule has 3 fully saturated rings. The molecule has 0 unspecified atom stereocenters. The number of anilines is 2. The van der Waals surface area contributed by atoms with Crippen molar-refractivity contribution in [2.45, 2.75) is 44.7 Å². The first-order valence-electron chi connectivity index (χ1n) is 14.7. The van der Waals surface area contributed by atoms with Crippen LogP contribution >= 0.6 is 0 Å². The fraction of sp³-hybridized carbons (Fsp3) is 0.353. The topological polar surface area (TPSA) is 94.7 Å². The van der Waals surface area contributed by atoms with Gasteiger partial charge in [-0.1, -0.05) is 30.3 Å². The molecule has 8 heteroatoms. The van der Waals surface area contributed by atoms with Crippen LogP contribution in [-0.2, 0) is 11.3 Å². The van der Waals surface area contributed by atoms with Crippen LogP contribution in [0.25, 0.3) is 11.1 Å².